The minimum Gasteiger partial charge on any atom is -0.300 e. The SMILES string of the molecule is O=C1CCCCCC(=O)CCC(=O)CCC(=O)CCCCCC(=O)CCC(=O)CC1. The average Bonchev–Trinajstić information content (AvgIpc) is 2.72. The molecule has 0 aliphatic heterocycles. The smallest absolute Gasteiger partial charge is 0.133 e. The maximum absolute atomic E-state index is 11.9. The van der Waals surface area contributed by atoms with Gasteiger partial charge >= 0.3 is 0 Å². The van der Waals surface area contributed by atoms with Crippen LogP contribution in [-0.2, 0) is 28.8 Å². The molecule has 6 nitrogen and oxygen atoms in total. The van der Waals surface area contributed by atoms with Gasteiger partial charge in [-0.3, -0.25) is 28.8 Å². The van der Waals surface area contributed by atoms with Crippen molar-refractivity contribution >= 4 is 34.7 Å². The Labute approximate surface area is 179 Å². The fourth-order valence-electron chi connectivity index (χ4n) is 3.51. The Kier molecular flexibility index (Phi) is 13.7. The van der Waals surface area contributed by atoms with Crippen LogP contribution in [-0.4, -0.2) is 34.7 Å². The molecule has 0 radical (unpaired) electrons. The maximum atomic E-state index is 11.9. The second-order valence-corrected chi connectivity index (χ2v) is 8.35. The summed E-state index contributed by atoms with van der Waals surface area (Å²) in [5.74, 6) is 0.117. The van der Waals surface area contributed by atoms with Crippen LogP contribution in [0.2, 0.25) is 0 Å². The van der Waals surface area contributed by atoms with E-state index in [1.165, 1.54) is 0 Å². The van der Waals surface area contributed by atoms with Crippen molar-refractivity contribution in [2.75, 3.05) is 0 Å². The molecule has 0 bridgehead atoms. The lowest BCUT2D eigenvalue weighted by Crippen LogP contribution is -2.08. The highest BCUT2D eigenvalue weighted by molar-refractivity contribution is 5.90. The Morgan fingerprint density at radius 1 is 0.233 bits per heavy atom. The summed E-state index contributed by atoms with van der Waals surface area (Å²) in [6, 6.07) is 0. The molecule has 1 rings (SSSR count). The number of ketones is 6. The number of rotatable bonds is 0. The first-order valence-electron chi connectivity index (χ1n) is 11.5. The second-order valence-electron chi connectivity index (χ2n) is 8.35. The van der Waals surface area contributed by atoms with Gasteiger partial charge in [0.05, 0.1) is 0 Å². The molecule has 0 atom stereocenters. The van der Waals surface area contributed by atoms with Gasteiger partial charge in [0.2, 0.25) is 0 Å². The van der Waals surface area contributed by atoms with Gasteiger partial charge in [0, 0.05) is 77.0 Å². The maximum Gasteiger partial charge on any atom is 0.133 e. The highest BCUT2D eigenvalue weighted by Crippen LogP contribution is 2.12. The van der Waals surface area contributed by atoms with Gasteiger partial charge in [-0.2, -0.15) is 0 Å². The summed E-state index contributed by atoms with van der Waals surface area (Å²) in [7, 11) is 0. The quantitative estimate of drug-likeness (QED) is 0.574. The van der Waals surface area contributed by atoms with Gasteiger partial charge in [-0.25, -0.2) is 0 Å². The zero-order valence-electron chi connectivity index (χ0n) is 18.2. The second kappa shape index (κ2) is 15.8. The average molecular weight is 421 g/mol. The van der Waals surface area contributed by atoms with Crippen LogP contribution in [0.4, 0.5) is 0 Å². The highest BCUT2D eigenvalue weighted by atomic mass is 16.1. The zero-order valence-corrected chi connectivity index (χ0v) is 18.2. The van der Waals surface area contributed by atoms with Gasteiger partial charge in [-0.05, 0) is 25.7 Å². The summed E-state index contributed by atoms with van der Waals surface area (Å²) < 4.78 is 0. The summed E-state index contributed by atoms with van der Waals surface area (Å²) in [6.45, 7) is 0. The molecular weight excluding hydrogens is 384 g/mol. The molecule has 30 heavy (non-hydrogen) atoms. The third-order valence-electron chi connectivity index (χ3n) is 5.55. The lowest BCUT2D eigenvalue weighted by atomic mass is 9.99. The van der Waals surface area contributed by atoms with Gasteiger partial charge in [0.25, 0.3) is 0 Å². The van der Waals surface area contributed by atoms with Gasteiger partial charge in [0.15, 0.2) is 0 Å². The molecule has 1 saturated carbocycles. The predicted octanol–water partition coefficient (Wildman–Crippen LogP) is 4.44. The van der Waals surface area contributed by atoms with E-state index in [9.17, 15) is 28.8 Å². The molecule has 1 fully saturated rings. The first-order chi connectivity index (χ1) is 14.4. The molecule has 0 aromatic heterocycles. The van der Waals surface area contributed by atoms with E-state index in [-0.39, 0.29) is 86.1 Å². The van der Waals surface area contributed by atoms with E-state index in [2.05, 4.69) is 0 Å². The Hall–Kier alpha value is -1.98. The summed E-state index contributed by atoms with van der Waals surface area (Å²) in [6.07, 6.45) is 7.63. The van der Waals surface area contributed by atoms with E-state index in [1.807, 2.05) is 0 Å². The molecule has 0 N–H and O–H groups in total. The molecule has 0 unspecified atom stereocenters. The van der Waals surface area contributed by atoms with Gasteiger partial charge in [-0.1, -0.05) is 12.8 Å². The lowest BCUT2D eigenvalue weighted by Gasteiger charge is -2.05. The molecule has 0 aromatic carbocycles. The van der Waals surface area contributed by atoms with Crippen LogP contribution in [0, 0.1) is 0 Å². The van der Waals surface area contributed by atoms with Crippen LogP contribution in [0.25, 0.3) is 0 Å². The molecule has 0 spiro atoms. The van der Waals surface area contributed by atoms with Crippen molar-refractivity contribution in [1.82, 2.24) is 0 Å². The van der Waals surface area contributed by atoms with Gasteiger partial charge in [-0.15, -0.1) is 0 Å². The number of carbonyl (C=O) groups is 6. The van der Waals surface area contributed by atoms with E-state index in [0.29, 0.717) is 51.4 Å². The van der Waals surface area contributed by atoms with Crippen LogP contribution in [0.3, 0.4) is 0 Å². The summed E-state index contributed by atoms with van der Waals surface area (Å²) in [5.41, 5.74) is 0. The molecule has 0 amide bonds. The van der Waals surface area contributed by atoms with Crippen LogP contribution in [0.1, 0.15) is 116 Å². The van der Waals surface area contributed by atoms with Crippen molar-refractivity contribution in [3.05, 3.63) is 0 Å². The molecule has 6 heteroatoms. The van der Waals surface area contributed by atoms with Crippen molar-refractivity contribution in [2.45, 2.75) is 116 Å². The van der Waals surface area contributed by atoms with Crippen LogP contribution >= 0.6 is 0 Å². The Balaban J connectivity index is 2.44. The van der Waals surface area contributed by atoms with E-state index in [0.717, 1.165) is 12.8 Å². The largest absolute Gasteiger partial charge is 0.300 e. The van der Waals surface area contributed by atoms with Crippen molar-refractivity contribution in [3.8, 4) is 0 Å². The molecule has 0 heterocycles. The van der Waals surface area contributed by atoms with Crippen molar-refractivity contribution in [3.63, 3.8) is 0 Å². The standard InChI is InChI=1S/C24H36O6/c25-19-7-3-1-4-8-20(26)12-16-24(30)18-14-22(28)10-6-2-5-9-21(27)13-17-23(29)15-11-19/h1-18H2. The predicted molar refractivity (Wildman–Crippen MR) is 113 cm³/mol. The molecule has 1 aliphatic rings. The number of Topliss-reactive ketones (excluding diaryl/α,β-unsaturated/α-hetero) is 6. The molecule has 0 saturated heterocycles. The molecular formula is C24H36O6. The van der Waals surface area contributed by atoms with E-state index >= 15 is 0 Å². The number of hydrogen-bond acceptors (Lipinski definition) is 6. The fraction of sp³-hybridized carbons (Fsp3) is 0.750. The van der Waals surface area contributed by atoms with Crippen molar-refractivity contribution in [2.24, 2.45) is 0 Å². The molecule has 168 valence electrons. The zero-order chi connectivity index (χ0) is 22.2. The number of hydrogen-bond donors (Lipinski definition) is 0. The first kappa shape index (κ1) is 26.1. The van der Waals surface area contributed by atoms with E-state index in [4.69, 9.17) is 0 Å². The lowest BCUT2D eigenvalue weighted by molar-refractivity contribution is -0.126. The van der Waals surface area contributed by atoms with Crippen LogP contribution in [0.15, 0.2) is 0 Å². The van der Waals surface area contributed by atoms with E-state index < -0.39 is 0 Å². The summed E-state index contributed by atoms with van der Waals surface area (Å²) in [4.78, 5) is 71.3. The normalized spacial score (nSPS) is 22.0. The molecule has 0 aromatic rings. The Bertz CT molecular complexity index is 517. The molecule has 1 aliphatic carbocycles. The van der Waals surface area contributed by atoms with Gasteiger partial charge < -0.3 is 0 Å². The first-order valence-corrected chi connectivity index (χ1v) is 11.5. The Morgan fingerprint density at radius 3 is 0.600 bits per heavy atom. The van der Waals surface area contributed by atoms with Crippen LogP contribution in [0.5, 0.6) is 0 Å². The van der Waals surface area contributed by atoms with E-state index in [1.54, 1.807) is 0 Å². The number of carbonyl (C=O) groups excluding carboxylic acids is 6. The monoisotopic (exact) mass is 420 g/mol. The van der Waals surface area contributed by atoms with Gasteiger partial charge in [0.1, 0.15) is 34.7 Å². The summed E-state index contributed by atoms with van der Waals surface area (Å²) >= 11 is 0. The third kappa shape index (κ3) is 14.1. The minimum absolute atomic E-state index is 0.0445. The van der Waals surface area contributed by atoms with Crippen molar-refractivity contribution < 1.29 is 28.8 Å². The summed E-state index contributed by atoms with van der Waals surface area (Å²) in [5, 5.41) is 0. The van der Waals surface area contributed by atoms with Crippen LogP contribution < -0.4 is 0 Å². The minimum atomic E-state index is -0.0445. The van der Waals surface area contributed by atoms with Crippen molar-refractivity contribution in [1.29, 1.82) is 0 Å². The topological polar surface area (TPSA) is 102 Å². The fourth-order valence-corrected chi connectivity index (χ4v) is 3.51. The third-order valence-corrected chi connectivity index (χ3v) is 5.55. The highest BCUT2D eigenvalue weighted by Gasteiger charge is 2.12. The Morgan fingerprint density at radius 2 is 0.400 bits per heavy atom.